The molecule has 0 unspecified atom stereocenters. The number of carbonyl (C=O) groups excluding carboxylic acids is 1. The first-order valence-corrected chi connectivity index (χ1v) is 6.32. The second-order valence-electron chi connectivity index (χ2n) is 3.99. The van der Waals surface area contributed by atoms with Crippen molar-refractivity contribution in [3.05, 3.63) is 52.0 Å². The zero-order valence-electron chi connectivity index (χ0n) is 9.86. The van der Waals surface area contributed by atoms with E-state index >= 15 is 0 Å². The molecule has 94 valence electrons. The molecule has 0 bridgehead atoms. The van der Waals surface area contributed by atoms with Gasteiger partial charge >= 0.3 is 0 Å². The third-order valence-corrected chi connectivity index (χ3v) is 3.45. The molecule has 1 heterocycles. The lowest BCUT2D eigenvalue weighted by Crippen LogP contribution is -2.05. The van der Waals surface area contributed by atoms with Gasteiger partial charge in [0, 0.05) is 35.4 Å². The van der Waals surface area contributed by atoms with E-state index in [1.807, 2.05) is 13.1 Å². The Morgan fingerprint density at radius 3 is 2.89 bits per heavy atom. The molecule has 3 nitrogen and oxygen atoms in total. The van der Waals surface area contributed by atoms with E-state index in [1.165, 1.54) is 12.1 Å². The molecule has 5 heteroatoms. The Kier molecular flexibility index (Phi) is 3.91. The van der Waals surface area contributed by atoms with Gasteiger partial charge in [0.1, 0.15) is 5.82 Å². The number of Topliss-reactive ketones (excluding diaryl/α,β-unsaturated/α-hetero) is 1. The maximum absolute atomic E-state index is 13.1. The van der Waals surface area contributed by atoms with Gasteiger partial charge in [0.15, 0.2) is 5.78 Å². The zero-order chi connectivity index (χ0) is 13.1. The summed E-state index contributed by atoms with van der Waals surface area (Å²) in [4.78, 5) is 12.0. The molecule has 0 saturated heterocycles. The third kappa shape index (κ3) is 2.85. The first kappa shape index (κ1) is 13.0. The number of hydrogen-bond donors (Lipinski definition) is 0. The standard InChI is InChI=1S/C13H12BrFN2O/c1-17-10(6-7-16-17)3-5-13(18)11-8-9(15)2-4-12(11)14/h2,4,6-8H,3,5H2,1H3. The topological polar surface area (TPSA) is 34.9 Å². The van der Waals surface area contributed by atoms with Crippen LogP contribution in [0.15, 0.2) is 34.9 Å². The predicted molar refractivity (Wildman–Crippen MR) is 70.0 cm³/mol. The van der Waals surface area contributed by atoms with Crippen LogP contribution in [-0.4, -0.2) is 15.6 Å². The van der Waals surface area contributed by atoms with Crippen LogP contribution in [0.25, 0.3) is 0 Å². The second kappa shape index (κ2) is 5.44. The minimum atomic E-state index is -0.401. The van der Waals surface area contributed by atoms with Crippen LogP contribution in [0, 0.1) is 5.82 Å². The highest BCUT2D eigenvalue weighted by atomic mass is 79.9. The summed E-state index contributed by atoms with van der Waals surface area (Å²) < 4.78 is 15.5. The summed E-state index contributed by atoms with van der Waals surface area (Å²) in [6.07, 6.45) is 2.62. The van der Waals surface area contributed by atoms with Crippen LogP contribution >= 0.6 is 15.9 Å². The lowest BCUT2D eigenvalue weighted by atomic mass is 10.1. The summed E-state index contributed by atoms with van der Waals surface area (Å²) in [5.41, 5.74) is 1.37. The molecule has 0 aliphatic carbocycles. The van der Waals surface area contributed by atoms with Crippen LogP contribution in [0.3, 0.4) is 0 Å². The highest BCUT2D eigenvalue weighted by molar-refractivity contribution is 9.10. The number of carbonyl (C=O) groups is 1. The molecule has 2 rings (SSSR count). The average Bonchev–Trinajstić information content (AvgIpc) is 2.75. The fraction of sp³-hybridized carbons (Fsp3) is 0.231. The van der Waals surface area contributed by atoms with Gasteiger partial charge in [-0.05, 0) is 30.7 Å². The van der Waals surface area contributed by atoms with Crippen molar-refractivity contribution >= 4 is 21.7 Å². The fourth-order valence-corrected chi connectivity index (χ4v) is 2.20. The van der Waals surface area contributed by atoms with E-state index in [4.69, 9.17) is 0 Å². The number of ketones is 1. The fourth-order valence-electron chi connectivity index (χ4n) is 1.73. The molecule has 0 spiro atoms. The van der Waals surface area contributed by atoms with Gasteiger partial charge in [-0.3, -0.25) is 9.48 Å². The van der Waals surface area contributed by atoms with Gasteiger partial charge < -0.3 is 0 Å². The number of aromatic nitrogens is 2. The zero-order valence-corrected chi connectivity index (χ0v) is 11.4. The molecule has 18 heavy (non-hydrogen) atoms. The molecule has 0 amide bonds. The van der Waals surface area contributed by atoms with E-state index in [0.29, 0.717) is 22.9 Å². The van der Waals surface area contributed by atoms with Gasteiger partial charge in [0.25, 0.3) is 0 Å². The Morgan fingerprint density at radius 1 is 1.44 bits per heavy atom. The Balaban J connectivity index is 2.08. The maximum Gasteiger partial charge on any atom is 0.164 e. The highest BCUT2D eigenvalue weighted by Crippen LogP contribution is 2.20. The van der Waals surface area contributed by atoms with E-state index in [1.54, 1.807) is 16.9 Å². The van der Waals surface area contributed by atoms with Crippen LogP contribution in [-0.2, 0) is 13.5 Å². The minimum absolute atomic E-state index is 0.0809. The number of halogens is 2. The Labute approximate surface area is 113 Å². The second-order valence-corrected chi connectivity index (χ2v) is 4.85. The van der Waals surface area contributed by atoms with E-state index in [-0.39, 0.29) is 5.78 Å². The van der Waals surface area contributed by atoms with E-state index in [2.05, 4.69) is 21.0 Å². The third-order valence-electron chi connectivity index (χ3n) is 2.76. The van der Waals surface area contributed by atoms with Crippen LogP contribution in [0.1, 0.15) is 22.5 Å². The molecular weight excluding hydrogens is 299 g/mol. The van der Waals surface area contributed by atoms with Gasteiger partial charge in [-0.1, -0.05) is 15.9 Å². The van der Waals surface area contributed by atoms with Gasteiger partial charge in [0.2, 0.25) is 0 Å². The molecule has 0 fully saturated rings. The van der Waals surface area contributed by atoms with Crippen molar-refractivity contribution in [2.45, 2.75) is 12.8 Å². The minimum Gasteiger partial charge on any atom is -0.294 e. The molecule has 2 aromatic rings. The van der Waals surface area contributed by atoms with Crippen molar-refractivity contribution in [3.63, 3.8) is 0 Å². The van der Waals surface area contributed by atoms with Crippen molar-refractivity contribution in [3.8, 4) is 0 Å². The lowest BCUT2D eigenvalue weighted by molar-refractivity contribution is 0.0981. The van der Waals surface area contributed by atoms with Crippen molar-refractivity contribution in [2.75, 3.05) is 0 Å². The molecule has 0 aliphatic rings. The van der Waals surface area contributed by atoms with Crippen LogP contribution in [0.2, 0.25) is 0 Å². The number of benzene rings is 1. The lowest BCUT2D eigenvalue weighted by Gasteiger charge is -2.04. The summed E-state index contributed by atoms with van der Waals surface area (Å²) in [5, 5.41) is 4.04. The summed E-state index contributed by atoms with van der Waals surface area (Å²) >= 11 is 3.26. The SMILES string of the molecule is Cn1nccc1CCC(=O)c1cc(F)ccc1Br. The van der Waals surface area contributed by atoms with Gasteiger partial charge in [-0.15, -0.1) is 0 Å². The van der Waals surface area contributed by atoms with E-state index < -0.39 is 5.82 Å². The number of aryl methyl sites for hydroxylation is 2. The number of rotatable bonds is 4. The molecule has 0 radical (unpaired) electrons. The van der Waals surface area contributed by atoms with Crippen molar-refractivity contribution in [1.82, 2.24) is 9.78 Å². The molecule has 0 atom stereocenters. The molecule has 1 aromatic heterocycles. The number of nitrogens with zero attached hydrogens (tertiary/aromatic N) is 2. The largest absolute Gasteiger partial charge is 0.294 e. The first-order chi connectivity index (χ1) is 8.58. The quantitative estimate of drug-likeness (QED) is 0.813. The van der Waals surface area contributed by atoms with E-state index in [9.17, 15) is 9.18 Å². The Morgan fingerprint density at radius 2 is 2.22 bits per heavy atom. The summed E-state index contributed by atoms with van der Waals surface area (Å²) in [6.45, 7) is 0. The first-order valence-electron chi connectivity index (χ1n) is 5.53. The predicted octanol–water partition coefficient (Wildman–Crippen LogP) is 3.14. The van der Waals surface area contributed by atoms with Crippen molar-refractivity contribution in [1.29, 1.82) is 0 Å². The van der Waals surface area contributed by atoms with Crippen molar-refractivity contribution in [2.24, 2.45) is 7.05 Å². The molecule has 0 saturated carbocycles. The Hall–Kier alpha value is -1.49. The molecule has 1 aromatic carbocycles. The summed E-state index contributed by atoms with van der Waals surface area (Å²) in [5.74, 6) is -0.482. The van der Waals surface area contributed by atoms with Crippen molar-refractivity contribution < 1.29 is 9.18 Å². The monoisotopic (exact) mass is 310 g/mol. The van der Waals surface area contributed by atoms with Gasteiger partial charge in [0.05, 0.1) is 0 Å². The smallest absolute Gasteiger partial charge is 0.164 e. The molecular formula is C13H12BrFN2O. The van der Waals surface area contributed by atoms with Gasteiger partial charge in [-0.2, -0.15) is 5.10 Å². The normalized spacial score (nSPS) is 10.6. The van der Waals surface area contributed by atoms with E-state index in [0.717, 1.165) is 5.69 Å². The highest BCUT2D eigenvalue weighted by Gasteiger charge is 2.12. The van der Waals surface area contributed by atoms with Crippen LogP contribution < -0.4 is 0 Å². The average molecular weight is 311 g/mol. The van der Waals surface area contributed by atoms with Crippen LogP contribution in [0.4, 0.5) is 4.39 Å². The summed E-state index contributed by atoms with van der Waals surface area (Å²) in [7, 11) is 1.83. The summed E-state index contributed by atoms with van der Waals surface area (Å²) in [6, 6.07) is 6.00. The van der Waals surface area contributed by atoms with Crippen LogP contribution in [0.5, 0.6) is 0 Å². The Bertz CT molecular complexity index is 580. The maximum atomic E-state index is 13.1. The molecule has 0 aliphatic heterocycles. The molecule has 0 N–H and O–H groups in total. The van der Waals surface area contributed by atoms with Gasteiger partial charge in [-0.25, -0.2) is 4.39 Å². The number of hydrogen-bond acceptors (Lipinski definition) is 2.